The molecule has 4 saturated carbocycles. The van der Waals surface area contributed by atoms with Gasteiger partial charge in [0.15, 0.2) is 0 Å². The molecule has 0 aromatic heterocycles. The molecule has 8 atom stereocenters. The van der Waals surface area contributed by atoms with Crippen molar-refractivity contribution in [2.24, 2.45) is 59.2 Å². The number of rotatable bonds is 6. The van der Waals surface area contributed by atoms with Crippen LogP contribution in [0.3, 0.4) is 0 Å². The first-order valence-electron chi connectivity index (χ1n) is 15.5. The lowest BCUT2D eigenvalue weighted by atomic mass is 9.55. The van der Waals surface area contributed by atoms with Crippen LogP contribution in [0.2, 0.25) is 0 Å². The smallest absolute Gasteiger partial charge is 0.0324 e. The van der Waals surface area contributed by atoms with Crippen molar-refractivity contribution in [2.75, 3.05) is 0 Å². The van der Waals surface area contributed by atoms with Gasteiger partial charge < -0.3 is 0 Å². The molecule has 0 radical (unpaired) electrons. The molecule has 4 aliphatic rings. The highest BCUT2D eigenvalue weighted by atomic mass is 14.5. The molecule has 0 heteroatoms. The molecule has 0 nitrogen and oxygen atoms in total. The van der Waals surface area contributed by atoms with Gasteiger partial charge in [0.05, 0.1) is 0 Å². The summed E-state index contributed by atoms with van der Waals surface area (Å²) in [5.74, 6) is 10.6. The first kappa shape index (κ1) is 26.6. The predicted molar refractivity (Wildman–Crippen MR) is 143 cm³/mol. The minimum Gasteiger partial charge on any atom is -0.0654 e. The Morgan fingerprint density at radius 3 is 1.88 bits per heavy atom. The molecular formula is C32H60. The Kier molecular flexibility index (Phi) is 11.0. The van der Waals surface area contributed by atoms with E-state index >= 15 is 0 Å². The summed E-state index contributed by atoms with van der Waals surface area (Å²) in [5.41, 5.74) is 0. The van der Waals surface area contributed by atoms with E-state index in [1.807, 2.05) is 0 Å². The normalized spacial score (nSPS) is 44.4. The van der Waals surface area contributed by atoms with Crippen LogP contribution >= 0.6 is 0 Å². The highest BCUT2D eigenvalue weighted by molar-refractivity contribution is 4.98. The van der Waals surface area contributed by atoms with E-state index in [1.54, 1.807) is 44.9 Å². The molecule has 0 amide bonds. The molecule has 0 N–H and O–H groups in total. The van der Waals surface area contributed by atoms with Crippen LogP contribution in [0.1, 0.15) is 144 Å². The Bertz CT molecular complexity index is 490. The molecule has 188 valence electrons. The third-order valence-corrected chi connectivity index (χ3v) is 11.1. The maximum absolute atomic E-state index is 2.62. The van der Waals surface area contributed by atoms with Gasteiger partial charge in [-0.05, 0) is 97.7 Å². The van der Waals surface area contributed by atoms with Gasteiger partial charge in [-0.1, -0.05) is 106 Å². The zero-order chi connectivity index (χ0) is 23.1. The topological polar surface area (TPSA) is 0 Å². The van der Waals surface area contributed by atoms with E-state index in [-0.39, 0.29) is 0 Å². The average molecular weight is 445 g/mol. The number of fused-ring (bicyclic) bond motifs is 1. The SMILES string of the molecule is CC1CCC(C)CC1.CCCCC1C(C)CC2CCCC2C1C1CCC(CC)C(CC)C1. The third-order valence-electron chi connectivity index (χ3n) is 11.1. The molecule has 0 saturated heterocycles. The Labute approximate surface area is 203 Å². The van der Waals surface area contributed by atoms with Gasteiger partial charge in [-0.15, -0.1) is 0 Å². The Balaban J connectivity index is 0.000000305. The van der Waals surface area contributed by atoms with Crippen LogP contribution in [0.25, 0.3) is 0 Å². The molecule has 0 aliphatic heterocycles. The van der Waals surface area contributed by atoms with Crippen LogP contribution in [0.4, 0.5) is 0 Å². The van der Waals surface area contributed by atoms with Gasteiger partial charge in [-0.3, -0.25) is 0 Å². The van der Waals surface area contributed by atoms with Crippen LogP contribution in [0, 0.1) is 59.2 Å². The molecule has 0 spiro atoms. The van der Waals surface area contributed by atoms with Gasteiger partial charge in [0.1, 0.15) is 0 Å². The number of unbranched alkanes of at least 4 members (excludes halogenated alkanes) is 1. The first-order valence-corrected chi connectivity index (χ1v) is 15.5. The lowest BCUT2D eigenvalue weighted by Crippen LogP contribution is -2.43. The first-order chi connectivity index (χ1) is 15.5. The summed E-state index contributed by atoms with van der Waals surface area (Å²) in [6.07, 6.45) is 24.1. The summed E-state index contributed by atoms with van der Waals surface area (Å²) < 4.78 is 0. The Morgan fingerprint density at radius 1 is 0.625 bits per heavy atom. The molecule has 0 bridgehead atoms. The monoisotopic (exact) mass is 444 g/mol. The Hall–Kier alpha value is 0. The van der Waals surface area contributed by atoms with Crippen LogP contribution in [-0.2, 0) is 0 Å². The van der Waals surface area contributed by atoms with Gasteiger partial charge in [0.25, 0.3) is 0 Å². The second kappa shape index (κ2) is 13.2. The van der Waals surface area contributed by atoms with Gasteiger partial charge in [-0.2, -0.15) is 0 Å². The summed E-state index contributed by atoms with van der Waals surface area (Å²) in [6, 6.07) is 0. The predicted octanol–water partition coefficient (Wildman–Crippen LogP) is 10.6. The van der Waals surface area contributed by atoms with Crippen molar-refractivity contribution < 1.29 is 0 Å². The summed E-state index contributed by atoms with van der Waals surface area (Å²) in [4.78, 5) is 0. The molecule has 32 heavy (non-hydrogen) atoms. The summed E-state index contributed by atoms with van der Waals surface area (Å²) >= 11 is 0. The third kappa shape index (κ3) is 6.78. The van der Waals surface area contributed by atoms with Crippen molar-refractivity contribution in [3.8, 4) is 0 Å². The molecule has 4 aliphatic carbocycles. The van der Waals surface area contributed by atoms with Crippen molar-refractivity contribution in [1.29, 1.82) is 0 Å². The molecule has 0 aromatic carbocycles. The largest absolute Gasteiger partial charge is 0.0654 e. The fraction of sp³-hybridized carbons (Fsp3) is 1.00. The maximum atomic E-state index is 2.62. The lowest BCUT2D eigenvalue weighted by Gasteiger charge is -2.51. The van der Waals surface area contributed by atoms with Crippen LogP contribution in [-0.4, -0.2) is 0 Å². The lowest BCUT2D eigenvalue weighted by molar-refractivity contribution is -0.0149. The van der Waals surface area contributed by atoms with E-state index in [0.29, 0.717) is 0 Å². The minimum atomic E-state index is 1.00. The van der Waals surface area contributed by atoms with Gasteiger partial charge >= 0.3 is 0 Å². The molecule has 4 rings (SSSR count). The van der Waals surface area contributed by atoms with Gasteiger partial charge in [-0.25, -0.2) is 0 Å². The Morgan fingerprint density at radius 2 is 1.28 bits per heavy atom. The average Bonchev–Trinajstić information content (AvgIpc) is 3.27. The van der Waals surface area contributed by atoms with Crippen molar-refractivity contribution in [1.82, 2.24) is 0 Å². The van der Waals surface area contributed by atoms with E-state index in [2.05, 4.69) is 41.5 Å². The summed E-state index contributed by atoms with van der Waals surface area (Å²) in [7, 11) is 0. The second-order valence-electron chi connectivity index (χ2n) is 13.2. The maximum Gasteiger partial charge on any atom is -0.0324 e. The standard InChI is InChI=1S/C24H44.C8H16/c1-5-8-11-22-17(4)15-20-10-9-12-23(20)24(22)21-14-13-18(6-2)19(7-3)16-21;1-7-3-5-8(2)6-4-7/h17-24H,5-16H2,1-4H3;7-8H,3-6H2,1-2H3. The van der Waals surface area contributed by atoms with E-state index < -0.39 is 0 Å². The van der Waals surface area contributed by atoms with E-state index in [9.17, 15) is 0 Å². The highest BCUT2D eigenvalue weighted by Gasteiger charge is 2.48. The highest BCUT2D eigenvalue weighted by Crippen LogP contribution is 2.57. The number of hydrogen-bond donors (Lipinski definition) is 0. The van der Waals surface area contributed by atoms with E-state index in [1.165, 1.54) is 57.8 Å². The second-order valence-corrected chi connectivity index (χ2v) is 13.2. The van der Waals surface area contributed by atoms with Crippen molar-refractivity contribution in [3.63, 3.8) is 0 Å². The molecule has 4 fully saturated rings. The summed E-state index contributed by atoms with van der Waals surface area (Å²) in [6.45, 7) is 14.6. The molecule has 8 unspecified atom stereocenters. The zero-order valence-corrected chi connectivity index (χ0v) is 23.1. The van der Waals surface area contributed by atoms with Crippen LogP contribution in [0.15, 0.2) is 0 Å². The van der Waals surface area contributed by atoms with Crippen LogP contribution in [0.5, 0.6) is 0 Å². The fourth-order valence-electron chi connectivity index (χ4n) is 9.01. The van der Waals surface area contributed by atoms with Crippen LogP contribution < -0.4 is 0 Å². The van der Waals surface area contributed by atoms with E-state index in [4.69, 9.17) is 0 Å². The molecular weight excluding hydrogens is 384 g/mol. The quantitative estimate of drug-likeness (QED) is 0.382. The summed E-state index contributed by atoms with van der Waals surface area (Å²) in [5, 5.41) is 0. The van der Waals surface area contributed by atoms with Crippen molar-refractivity contribution in [3.05, 3.63) is 0 Å². The van der Waals surface area contributed by atoms with Gasteiger partial charge in [0.2, 0.25) is 0 Å². The zero-order valence-electron chi connectivity index (χ0n) is 23.1. The van der Waals surface area contributed by atoms with Gasteiger partial charge in [0, 0.05) is 0 Å². The van der Waals surface area contributed by atoms with E-state index in [0.717, 1.165) is 59.2 Å². The molecule has 0 aromatic rings. The van der Waals surface area contributed by atoms with Crippen molar-refractivity contribution in [2.45, 2.75) is 144 Å². The fourth-order valence-corrected chi connectivity index (χ4v) is 9.01. The molecule has 0 heterocycles. The van der Waals surface area contributed by atoms with Crippen molar-refractivity contribution >= 4 is 0 Å². The number of hydrogen-bond acceptors (Lipinski definition) is 0. The minimum absolute atomic E-state index is 1.00.